The smallest absolute Gasteiger partial charge is 0.244 e. The van der Waals surface area contributed by atoms with Gasteiger partial charge in [0.25, 0.3) is 0 Å². The van der Waals surface area contributed by atoms with Crippen LogP contribution in [0.2, 0.25) is 0 Å². The summed E-state index contributed by atoms with van der Waals surface area (Å²) in [6.07, 6.45) is 5.14. The molecule has 1 saturated heterocycles. The van der Waals surface area contributed by atoms with Crippen molar-refractivity contribution in [2.75, 3.05) is 45.2 Å². The number of carbonyl (C=O) groups excluding carboxylic acids is 1. The highest BCUT2D eigenvalue weighted by Gasteiger charge is 2.30. The molecule has 24 heavy (non-hydrogen) atoms. The molecule has 126 valence electrons. The highest BCUT2D eigenvalue weighted by Crippen LogP contribution is 2.22. The van der Waals surface area contributed by atoms with E-state index in [0.29, 0.717) is 13.1 Å². The first kappa shape index (κ1) is 16.4. The zero-order valence-electron chi connectivity index (χ0n) is 14.2. The van der Waals surface area contributed by atoms with Gasteiger partial charge in [-0.1, -0.05) is 30.3 Å². The molecule has 0 bridgehead atoms. The second kappa shape index (κ2) is 7.40. The van der Waals surface area contributed by atoms with Crippen molar-refractivity contribution in [2.24, 2.45) is 0 Å². The Hall–Kier alpha value is -2.47. The van der Waals surface area contributed by atoms with Gasteiger partial charge in [0, 0.05) is 38.6 Å². The van der Waals surface area contributed by atoms with Crippen LogP contribution in [0.15, 0.2) is 48.9 Å². The van der Waals surface area contributed by atoms with Gasteiger partial charge in [-0.3, -0.25) is 14.7 Å². The van der Waals surface area contributed by atoms with E-state index in [0.717, 1.165) is 24.5 Å². The Balaban J connectivity index is 1.67. The summed E-state index contributed by atoms with van der Waals surface area (Å²) in [5.74, 6) is 1.03. The Morgan fingerprint density at radius 2 is 1.79 bits per heavy atom. The summed E-state index contributed by atoms with van der Waals surface area (Å²) in [5.41, 5.74) is 1.03. The average molecular weight is 325 g/mol. The van der Waals surface area contributed by atoms with Crippen LogP contribution in [0.25, 0.3) is 0 Å². The third-order valence-electron chi connectivity index (χ3n) is 4.33. The van der Waals surface area contributed by atoms with Gasteiger partial charge in [0.2, 0.25) is 5.91 Å². The highest BCUT2D eigenvalue weighted by molar-refractivity contribution is 5.83. The van der Waals surface area contributed by atoms with Gasteiger partial charge in [-0.2, -0.15) is 0 Å². The van der Waals surface area contributed by atoms with Gasteiger partial charge in [-0.15, -0.1) is 0 Å². The molecule has 1 amide bonds. The number of anilines is 1. The van der Waals surface area contributed by atoms with Crippen LogP contribution in [0.4, 0.5) is 5.82 Å². The van der Waals surface area contributed by atoms with E-state index in [-0.39, 0.29) is 11.9 Å². The molecule has 0 unspecified atom stereocenters. The lowest BCUT2D eigenvalue weighted by Gasteiger charge is -2.38. The fraction of sp³-hybridized carbons (Fsp3) is 0.389. The van der Waals surface area contributed by atoms with Crippen molar-refractivity contribution >= 4 is 11.7 Å². The first-order valence-electron chi connectivity index (χ1n) is 8.18. The largest absolute Gasteiger partial charge is 0.352 e. The number of rotatable bonds is 4. The summed E-state index contributed by atoms with van der Waals surface area (Å²) in [6, 6.07) is 9.71. The number of aromatic nitrogens is 2. The molecule has 0 N–H and O–H groups in total. The quantitative estimate of drug-likeness (QED) is 0.851. The number of nitrogens with zero attached hydrogens (tertiary/aromatic N) is 5. The van der Waals surface area contributed by atoms with Crippen molar-refractivity contribution in [1.29, 1.82) is 0 Å². The van der Waals surface area contributed by atoms with Crippen molar-refractivity contribution in [3.8, 4) is 0 Å². The lowest BCUT2D eigenvalue weighted by Crippen LogP contribution is -2.51. The van der Waals surface area contributed by atoms with Gasteiger partial charge in [0.15, 0.2) is 0 Å². The van der Waals surface area contributed by atoms with Crippen molar-refractivity contribution in [3.05, 3.63) is 54.5 Å². The Morgan fingerprint density at radius 1 is 1.08 bits per heavy atom. The molecule has 2 heterocycles. The summed E-state index contributed by atoms with van der Waals surface area (Å²) >= 11 is 0. The van der Waals surface area contributed by atoms with Gasteiger partial charge < -0.3 is 9.80 Å². The summed E-state index contributed by atoms with van der Waals surface area (Å²) in [5, 5.41) is 0. The number of piperazine rings is 1. The molecule has 1 fully saturated rings. The number of hydrogen-bond acceptors (Lipinski definition) is 5. The van der Waals surface area contributed by atoms with Crippen LogP contribution in [-0.4, -0.2) is 65.9 Å². The van der Waals surface area contributed by atoms with Gasteiger partial charge in [-0.25, -0.2) is 4.98 Å². The van der Waals surface area contributed by atoms with Crippen molar-refractivity contribution in [2.45, 2.75) is 6.04 Å². The van der Waals surface area contributed by atoms with Crippen LogP contribution in [0.3, 0.4) is 0 Å². The molecule has 0 saturated carbocycles. The maximum Gasteiger partial charge on any atom is 0.244 e. The van der Waals surface area contributed by atoms with E-state index in [2.05, 4.69) is 14.9 Å². The first-order valence-corrected chi connectivity index (χ1v) is 8.18. The Morgan fingerprint density at radius 3 is 2.38 bits per heavy atom. The molecule has 2 aromatic rings. The Kier molecular flexibility index (Phi) is 5.05. The summed E-state index contributed by atoms with van der Waals surface area (Å²) < 4.78 is 0. The summed E-state index contributed by atoms with van der Waals surface area (Å²) in [7, 11) is 3.90. The fourth-order valence-corrected chi connectivity index (χ4v) is 3.08. The Bertz CT molecular complexity index is 654. The van der Waals surface area contributed by atoms with E-state index in [4.69, 9.17) is 0 Å². The van der Waals surface area contributed by atoms with E-state index in [1.54, 1.807) is 18.6 Å². The third-order valence-corrected chi connectivity index (χ3v) is 4.33. The zero-order valence-corrected chi connectivity index (χ0v) is 14.2. The van der Waals surface area contributed by atoms with Gasteiger partial charge in [-0.05, 0) is 19.7 Å². The minimum atomic E-state index is -0.241. The molecule has 6 nitrogen and oxygen atoms in total. The van der Waals surface area contributed by atoms with Crippen LogP contribution in [0, 0.1) is 0 Å². The third kappa shape index (κ3) is 3.54. The van der Waals surface area contributed by atoms with E-state index in [1.807, 2.05) is 54.2 Å². The molecule has 1 aromatic heterocycles. The molecule has 1 aliphatic rings. The molecular formula is C18H23N5O. The number of carbonyl (C=O) groups is 1. The van der Waals surface area contributed by atoms with Gasteiger partial charge in [0.1, 0.15) is 11.9 Å². The summed E-state index contributed by atoms with van der Waals surface area (Å²) in [6.45, 7) is 2.96. The zero-order chi connectivity index (χ0) is 16.9. The average Bonchev–Trinajstić information content (AvgIpc) is 2.63. The highest BCUT2D eigenvalue weighted by atomic mass is 16.2. The topological polar surface area (TPSA) is 52.6 Å². The molecule has 0 aliphatic carbocycles. The normalized spacial score (nSPS) is 16.3. The molecule has 6 heteroatoms. The standard InChI is InChI=1S/C18H23N5O/c1-21(2)17(15-6-4-3-5-7-15)18(24)23-12-10-22(11-13-23)16-14-19-8-9-20-16/h3-9,14,17H,10-13H2,1-2H3/t17-/m1/s1. The van der Waals surface area contributed by atoms with Crippen LogP contribution in [0.5, 0.6) is 0 Å². The van der Waals surface area contributed by atoms with Crippen LogP contribution in [0.1, 0.15) is 11.6 Å². The predicted molar refractivity (Wildman–Crippen MR) is 93.7 cm³/mol. The number of hydrogen-bond donors (Lipinski definition) is 0. The molecule has 1 atom stereocenters. The first-order chi connectivity index (χ1) is 11.7. The molecular weight excluding hydrogens is 302 g/mol. The summed E-state index contributed by atoms with van der Waals surface area (Å²) in [4.78, 5) is 27.6. The van der Waals surface area contributed by atoms with Crippen LogP contribution < -0.4 is 4.90 Å². The lowest BCUT2D eigenvalue weighted by atomic mass is 10.0. The van der Waals surface area contributed by atoms with Crippen LogP contribution in [-0.2, 0) is 4.79 Å². The monoisotopic (exact) mass is 325 g/mol. The number of likely N-dealkylation sites (N-methyl/N-ethyl adjacent to an activating group) is 1. The van der Waals surface area contributed by atoms with Crippen molar-refractivity contribution < 1.29 is 4.79 Å². The van der Waals surface area contributed by atoms with E-state index < -0.39 is 0 Å². The molecule has 3 rings (SSSR count). The predicted octanol–water partition coefficient (Wildman–Crippen LogP) is 1.43. The van der Waals surface area contributed by atoms with E-state index >= 15 is 0 Å². The van der Waals surface area contributed by atoms with Gasteiger partial charge in [0.05, 0.1) is 6.20 Å². The lowest BCUT2D eigenvalue weighted by molar-refractivity contribution is -0.136. The molecule has 0 radical (unpaired) electrons. The molecule has 1 aromatic carbocycles. The van der Waals surface area contributed by atoms with Crippen LogP contribution >= 0.6 is 0 Å². The van der Waals surface area contributed by atoms with Crippen molar-refractivity contribution in [3.63, 3.8) is 0 Å². The maximum absolute atomic E-state index is 13.0. The second-order valence-electron chi connectivity index (χ2n) is 6.15. The van der Waals surface area contributed by atoms with Crippen molar-refractivity contribution in [1.82, 2.24) is 19.8 Å². The minimum Gasteiger partial charge on any atom is -0.352 e. The number of amides is 1. The second-order valence-corrected chi connectivity index (χ2v) is 6.15. The minimum absolute atomic E-state index is 0.157. The SMILES string of the molecule is CN(C)[C@@H](C(=O)N1CCN(c2cnccn2)CC1)c1ccccc1. The molecule has 1 aliphatic heterocycles. The van der Waals surface area contributed by atoms with Gasteiger partial charge >= 0.3 is 0 Å². The van der Waals surface area contributed by atoms with E-state index in [9.17, 15) is 4.79 Å². The number of benzene rings is 1. The fourth-order valence-electron chi connectivity index (χ4n) is 3.08. The van der Waals surface area contributed by atoms with E-state index in [1.165, 1.54) is 0 Å². The maximum atomic E-state index is 13.0. The Labute approximate surface area is 142 Å². The molecule has 0 spiro atoms.